The lowest BCUT2D eigenvalue weighted by Gasteiger charge is -1.94. The van der Waals surface area contributed by atoms with Gasteiger partial charge in [-0.1, -0.05) is 5.16 Å². The van der Waals surface area contributed by atoms with E-state index in [4.69, 9.17) is 15.2 Å². The number of benzene rings is 1. The van der Waals surface area contributed by atoms with Crippen molar-refractivity contribution in [1.29, 1.82) is 0 Å². The molecule has 74 valence electrons. The smallest absolute Gasteiger partial charge is 0.261 e. The fourth-order valence-electron chi connectivity index (χ4n) is 1.20. The number of nitrogens with zero attached hydrogens (tertiary/aromatic N) is 1. The van der Waals surface area contributed by atoms with Gasteiger partial charge in [-0.05, 0) is 19.1 Å². The van der Waals surface area contributed by atoms with Crippen LogP contribution in [0.3, 0.4) is 0 Å². The zero-order valence-corrected chi connectivity index (χ0v) is 8.76. The number of aromatic nitrogens is 1. The lowest BCUT2D eigenvalue weighted by Crippen LogP contribution is -1.89. The molecule has 0 aliphatic carbocycles. The predicted molar refractivity (Wildman–Crippen MR) is 51.8 cm³/mol. The van der Waals surface area contributed by atoms with Crippen LogP contribution in [0.4, 0.5) is 0 Å². The Bertz CT molecular complexity index is 588. The molecule has 0 amide bonds. The van der Waals surface area contributed by atoms with Crippen LogP contribution in [-0.2, 0) is 9.05 Å². The van der Waals surface area contributed by atoms with Crippen molar-refractivity contribution in [3.63, 3.8) is 0 Å². The summed E-state index contributed by atoms with van der Waals surface area (Å²) < 4.78 is 26.9. The Labute approximate surface area is 84.9 Å². The zero-order valence-electron chi connectivity index (χ0n) is 7.19. The van der Waals surface area contributed by atoms with Gasteiger partial charge in [-0.15, -0.1) is 0 Å². The molecule has 0 N–H and O–H groups in total. The molecule has 0 atom stereocenters. The summed E-state index contributed by atoms with van der Waals surface area (Å²) in [5.74, 6) is 0. The molecule has 1 heterocycles. The Hall–Kier alpha value is -1.07. The SMILES string of the molecule is Cc1noc2cc(S(=O)(=O)Cl)ccc12. The monoisotopic (exact) mass is 231 g/mol. The second kappa shape index (κ2) is 2.96. The molecular weight excluding hydrogens is 226 g/mol. The van der Waals surface area contributed by atoms with Crippen LogP contribution >= 0.6 is 10.7 Å². The van der Waals surface area contributed by atoms with E-state index in [0.717, 1.165) is 11.1 Å². The molecule has 0 aliphatic heterocycles. The summed E-state index contributed by atoms with van der Waals surface area (Å²) in [5, 5.41) is 4.49. The van der Waals surface area contributed by atoms with E-state index in [1.807, 2.05) is 0 Å². The van der Waals surface area contributed by atoms with E-state index in [-0.39, 0.29) is 4.90 Å². The number of rotatable bonds is 1. The molecule has 0 saturated carbocycles. The summed E-state index contributed by atoms with van der Waals surface area (Å²) in [6, 6.07) is 4.41. The first-order valence-electron chi connectivity index (χ1n) is 3.79. The number of halogens is 1. The Kier molecular flexibility index (Phi) is 2.01. The summed E-state index contributed by atoms with van der Waals surface area (Å²) in [6.45, 7) is 1.78. The second-order valence-electron chi connectivity index (χ2n) is 2.86. The van der Waals surface area contributed by atoms with Crippen LogP contribution in [0.25, 0.3) is 11.0 Å². The van der Waals surface area contributed by atoms with Crippen molar-refractivity contribution in [1.82, 2.24) is 5.16 Å². The fraction of sp³-hybridized carbons (Fsp3) is 0.125. The van der Waals surface area contributed by atoms with Gasteiger partial charge in [0.1, 0.15) is 0 Å². The molecule has 2 rings (SSSR count). The Morgan fingerprint density at radius 1 is 1.43 bits per heavy atom. The molecule has 1 aromatic heterocycles. The maximum absolute atomic E-state index is 11.0. The van der Waals surface area contributed by atoms with Crippen LogP contribution < -0.4 is 0 Å². The predicted octanol–water partition coefficient (Wildman–Crippen LogP) is 2.06. The van der Waals surface area contributed by atoms with Crippen molar-refractivity contribution in [3.05, 3.63) is 23.9 Å². The average molecular weight is 232 g/mol. The summed E-state index contributed by atoms with van der Waals surface area (Å²) in [5.41, 5.74) is 1.14. The molecule has 1 aromatic carbocycles. The topological polar surface area (TPSA) is 60.2 Å². The summed E-state index contributed by atoms with van der Waals surface area (Å²) in [6.07, 6.45) is 0. The minimum absolute atomic E-state index is 0.0165. The number of hydrogen-bond donors (Lipinski definition) is 0. The molecule has 0 fully saturated rings. The van der Waals surface area contributed by atoms with Crippen molar-refractivity contribution in [3.8, 4) is 0 Å². The first-order valence-corrected chi connectivity index (χ1v) is 6.10. The third-order valence-electron chi connectivity index (χ3n) is 1.91. The van der Waals surface area contributed by atoms with E-state index in [1.165, 1.54) is 12.1 Å². The van der Waals surface area contributed by atoms with Crippen LogP contribution in [0.15, 0.2) is 27.6 Å². The standard InChI is InChI=1S/C8H6ClNO3S/c1-5-7-3-2-6(14(9,11)12)4-8(7)13-10-5/h2-4H,1H3. The van der Waals surface area contributed by atoms with Gasteiger partial charge in [0.15, 0.2) is 5.58 Å². The lowest BCUT2D eigenvalue weighted by atomic mass is 10.2. The summed E-state index contributed by atoms with van der Waals surface area (Å²) >= 11 is 0. The van der Waals surface area contributed by atoms with Crippen molar-refractivity contribution in [2.24, 2.45) is 0 Å². The molecule has 0 aliphatic rings. The molecule has 4 nitrogen and oxygen atoms in total. The van der Waals surface area contributed by atoms with Crippen molar-refractivity contribution in [2.75, 3.05) is 0 Å². The van der Waals surface area contributed by atoms with Crippen LogP contribution in [0.5, 0.6) is 0 Å². The van der Waals surface area contributed by atoms with Crippen LogP contribution in [-0.4, -0.2) is 13.6 Å². The summed E-state index contributed by atoms with van der Waals surface area (Å²) in [7, 11) is 1.48. The normalized spacial score (nSPS) is 12.1. The maximum Gasteiger partial charge on any atom is 0.261 e. The Morgan fingerprint density at radius 3 is 2.79 bits per heavy atom. The molecule has 0 unspecified atom stereocenters. The highest BCUT2D eigenvalue weighted by molar-refractivity contribution is 8.13. The summed E-state index contributed by atoms with van der Waals surface area (Å²) in [4.78, 5) is 0.0165. The van der Waals surface area contributed by atoms with Gasteiger partial charge in [0, 0.05) is 22.1 Å². The van der Waals surface area contributed by atoms with Gasteiger partial charge < -0.3 is 4.52 Å². The molecule has 0 radical (unpaired) electrons. The number of hydrogen-bond acceptors (Lipinski definition) is 4. The highest BCUT2D eigenvalue weighted by atomic mass is 35.7. The zero-order chi connectivity index (χ0) is 10.3. The lowest BCUT2D eigenvalue weighted by molar-refractivity contribution is 0.450. The van der Waals surface area contributed by atoms with Gasteiger partial charge in [0.2, 0.25) is 0 Å². The molecule has 0 bridgehead atoms. The molecule has 0 spiro atoms. The molecule has 6 heteroatoms. The maximum atomic E-state index is 11.0. The molecule has 2 aromatic rings. The third kappa shape index (κ3) is 1.49. The quantitative estimate of drug-likeness (QED) is 0.705. The molecule has 0 saturated heterocycles. The first-order chi connectivity index (χ1) is 6.48. The minimum atomic E-state index is -3.70. The van der Waals surface area contributed by atoms with Gasteiger partial charge in [-0.25, -0.2) is 8.42 Å². The third-order valence-corrected chi connectivity index (χ3v) is 3.26. The van der Waals surface area contributed by atoms with Gasteiger partial charge in [0.25, 0.3) is 9.05 Å². The molecule has 14 heavy (non-hydrogen) atoms. The Balaban J connectivity index is 2.76. The van der Waals surface area contributed by atoms with Crippen LogP contribution in [0.1, 0.15) is 5.69 Å². The van der Waals surface area contributed by atoms with E-state index in [1.54, 1.807) is 13.0 Å². The van der Waals surface area contributed by atoms with E-state index >= 15 is 0 Å². The number of fused-ring (bicyclic) bond motifs is 1. The van der Waals surface area contributed by atoms with Gasteiger partial charge in [0.05, 0.1) is 10.6 Å². The largest absolute Gasteiger partial charge is 0.356 e. The van der Waals surface area contributed by atoms with Crippen molar-refractivity contribution >= 4 is 30.7 Å². The number of aryl methyl sites for hydroxylation is 1. The van der Waals surface area contributed by atoms with E-state index in [9.17, 15) is 8.42 Å². The first kappa shape index (κ1) is 9.48. The van der Waals surface area contributed by atoms with E-state index in [0.29, 0.717) is 5.58 Å². The van der Waals surface area contributed by atoms with E-state index in [2.05, 4.69) is 5.16 Å². The highest BCUT2D eigenvalue weighted by Gasteiger charge is 2.12. The van der Waals surface area contributed by atoms with Crippen molar-refractivity contribution in [2.45, 2.75) is 11.8 Å². The van der Waals surface area contributed by atoms with Gasteiger partial charge in [-0.3, -0.25) is 0 Å². The van der Waals surface area contributed by atoms with Gasteiger partial charge >= 0.3 is 0 Å². The Morgan fingerprint density at radius 2 is 2.14 bits per heavy atom. The van der Waals surface area contributed by atoms with Gasteiger partial charge in [-0.2, -0.15) is 0 Å². The van der Waals surface area contributed by atoms with Crippen molar-refractivity contribution < 1.29 is 12.9 Å². The fourth-order valence-corrected chi connectivity index (χ4v) is 1.96. The second-order valence-corrected chi connectivity index (χ2v) is 5.43. The van der Waals surface area contributed by atoms with Crippen LogP contribution in [0, 0.1) is 6.92 Å². The van der Waals surface area contributed by atoms with Crippen LogP contribution in [0.2, 0.25) is 0 Å². The average Bonchev–Trinajstić information content (AvgIpc) is 2.46. The van der Waals surface area contributed by atoms with E-state index < -0.39 is 9.05 Å². The highest BCUT2D eigenvalue weighted by Crippen LogP contribution is 2.23. The molecular formula is C8H6ClNO3S. The minimum Gasteiger partial charge on any atom is -0.356 e.